The number of hydrogen-bond acceptors (Lipinski definition) is 3. The molecule has 1 saturated heterocycles. The molecule has 3 nitrogen and oxygen atoms in total. The number of unbranched alkanes of at least 4 members (excludes halogenated alkanes) is 1. The maximum absolute atomic E-state index is 9.76. The first-order valence-corrected chi connectivity index (χ1v) is 6.31. The molecule has 0 radical (unpaired) electrons. The molecule has 1 unspecified atom stereocenters. The molecule has 90 valence electrons. The van der Waals surface area contributed by atoms with Gasteiger partial charge in [0.15, 0.2) is 0 Å². The number of aliphatic hydroxyl groups is 1. The summed E-state index contributed by atoms with van der Waals surface area (Å²) in [5.41, 5.74) is 0. The van der Waals surface area contributed by atoms with Gasteiger partial charge in [-0.15, -0.1) is 0 Å². The molecular formula is C12H25NO2. The molecule has 1 atom stereocenters. The third kappa shape index (κ3) is 4.49. The Hall–Kier alpha value is -0.120. The van der Waals surface area contributed by atoms with Gasteiger partial charge < -0.3 is 9.84 Å². The zero-order chi connectivity index (χ0) is 11.1. The van der Waals surface area contributed by atoms with Gasteiger partial charge in [-0.1, -0.05) is 26.7 Å². The van der Waals surface area contributed by atoms with E-state index in [2.05, 4.69) is 13.8 Å². The summed E-state index contributed by atoms with van der Waals surface area (Å²) in [5, 5.41) is 9.76. The Balaban J connectivity index is 2.15. The minimum Gasteiger partial charge on any atom is -0.356 e. The lowest BCUT2D eigenvalue weighted by Crippen LogP contribution is -2.42. The van der Waals surface area contributed by atoms with Gasteiger partial charge in [0.2, 0.25) is 6.41 Å². The van der Waals surface area contributed by atoms with Crippen molar-refractivity contribution < 1.29 is 9.84 Å². The molecule has 1 heterocycles. The van der Waals surface area contributed by atoms with Crippen molar-refractivity contribution in [2.75, 3.05) is 19.7 Å². The van der Waals surface area contributed by atoms with E-state index in [1.54, 1.807) is 0 Å². The fourth-order valence-electron chi connectivity index (χ4n) is 2.02. The van der Waals surface area contributed by atoms with Crippen molar-refractivity contribution in [3.05, 3.63) is 0 Å². The van der Waals surface area contributed by atoms with Crippen LogP contribution in [0, 0.1) is 5.92 Å². The van der Waals surface area contributed by atoms with Crippen molar-refractivity contribution in [2.24, 2.45) is 5.92 Å². The van der Waals surface area contributed by atoms with E-state index < -0.39 is 6.41 Å². The third-order valence-corrected chi connectivity index (χ3v) is 3.30. The molecular weight excluding hydrogens is 190 g/mol. The van der Waals surface area contributed by atoms with E-state index >= 15 is 0 Å². The zero-order valence-corrected chi connectivity index (χ0v) is 10.1. The van der Waals surface area contributed by atoms with Crippen LogP contribution in [0.4, 0.5) is 0 Å². The molecule has 0 aromatic carbocycles. The standard InChI is InChI=1S/C12H25NO2/c1-3-5-10-15-12(14)13-8-6-11(4-2)7-9-13/h11-12,14H,3-10H2,1-2H3. The quantitative estimate of drug-likeness (QED) is 0.544. The lowest BCUT2D eigenvalue weighted by atomic mass is 9.95. The number of ether oxygens (including phenoxy) is 1. The summed E-state index contributed by atoms with van der Waals surface area (Å²) < 4.78 is 5.37. The first-order valence-electron chi connectivity index (χ1n) is 6.31. The van der Waals surface area contributed by atoms with Crippen LogP contribution in [0.25, 0.3) is 0 Å². The van der Waals surface area contributed by atoms with Crippen LogP contribution in [0.5, 0.6) is 0 Å². The highest BCUT2D eigenvalue weighted by atomic mass is 16.6. The Kier molecular flexibility index (Phi) is 6.22. The largest absolute Gasteiger partial charge is 0.356 e. The van der Waals surface area contributed by atoms with Gasteiger partial charge in [0, 0.05) is 13.1 Å². The molecule has 0 amide bonds. The van der Waals surface area contributed by atoms with Crippen molar-refractivity contribution in [3.8, 4) is 0 Å². The van der Waals surface area contributed by atoms with Crippen molar-refractivity contribution in [1.29, 1.82) is 0 Å². The molecule has 1 rings (SSSR count). The second-order valence-electron chi connectivity index (χ2n) is 4.44. The van der Waals surface area contributed by atoms with Gasteiger partial charge >= 0.3 is 0 Å². The van der Waals surface area contributed by atoms with Gasteiger partial charge in [-0.2, -0.15) is 0 Å². The summed E-state index contributed by atoms with van der Waals surface area (Å²) >= 11 is 0. The van der Waals surface area contributed by atoms with Crippen LogP contribution < -0.4 is 0 Å². The smallest absolute Gasteiger partial charge is 0.216 e. The summed E-state index contributed by atoms with van der Waals surface area (Å²) in [6.07, 6.45) is 5.14. The zero-order valence-electron chi connectivity index (χ0n) is 10.1. The van der Waals surface area contributed by atoms with Crippen molar-refractivity contribution in [3.63, 3.8) is 0 Å². The molecule has 0 aliphatic carbocycles. The Bertz CT molecular complexity index is 156. The molecule has 0 aromatic heterocycles. The molecule has 1 N–H and O–H groups in total. The number of nitrogens with zero attached hydrogens (tertiary/aromatic N) is 1. The van der Waals surface area contributed by atoms with Gasteiger partial charge in [-0.25, -0.2) is 0 Å². The van der Waals surface area contributed by atoms with E-state index in [1.165, 1.54) is 19.3 Å². The third-order valence-electron chi connectivity index (χ3n) is 3.30. The molecule has 1 aliphatic rings. The second-order valence-corrected chi connectivity index (χ2v) is 4.44. The van der Waals surface area contributed by atoms with E-state index in [-0.39, 0.29) is 0 Å². The van der Waals surface area contributed by atoms with Crippen molar-refractivity contribution in [2.45, 2.75) is 52.4 Å². The van der Waals surface area contributed by atoms with Crippen LogP contribution >= 0.6 is 0 Å². The maximum atomic E-state index is 9.76. The monoisotopic (exact) mass is 215 g/mol. The SMILES string of the molecule is CCCCOC(O)N1CCC(CC)CC1. The highest BCUT2D eigenvalue weighted by molar-refractivity contribution is 4.70. The molecule has 1 fully saturated rings. The highest BCUT2D eigenvalue weighted by Crippen LogP contribution is 2.21. The lowest BCUT2D eigenvalue weighted by molar-refractivity contribution is -0.200. The fourth-order valence-corrected chi connectivity index (χ4v) is 2.02. The molecule has 3 heteroatoms. The summed E-state index contributed by atoms with van der Waals surface area (Å²) in [6.45, 7) is 7.00. The minimum absolute atomic E-state index is 0.672. The van der Waals surface area contributed by atoms with E-state index in [4.69, 9.17) is 4.74 Å². The number of rotatable bonds is 6. The Morgan fingerprint density at radius 3 is 2.53 bits per heavy atom. The average molecular weight is 215 g/mol. The van der Waals surface area contributed by atoms with Gasteiger partial charge in [0.05, 0.1) is 6.61 Å². The molecule has 1 aliphatic heterocycles. The van der Waals surface area contributed by atoms with Crippen LogP contribution in [-0.4, -0.2) is 36.1 Å². The second kappa shape index (κ2) is 7.20. The molecule has 0 saturated carbocycles. The Morgan fingerprint density at radius 2 is 2.00 bits per heavy atom. The van der Waals surface area contributed by atoms with Crippen LogP contribution in [0.1, 0.15) is 46.0 Å². The number of piperidine rings is 1. The number of hydrogen-bond donors (Lipinski definition) is 1. The van der Waals surface area contributed by atoms with Gasteiger partial charge in [0.25, 0.3) is 0 Å². The van der Waals surface area contributed by atoms with Crippen molar-refractivity contribution >= 4 is 0 Å². The topological polar surface area (TPSA) is 32.7 Å². The summed E-state index contributed by atoms with van der Waals surface area (Å²) in [5.74, 6) is 0.851. The molecule has 15 heavy (non-hydrogen) atoms. The summed E-state index contributed by atoms with van der Waals surface area (Å²) in [6, 6.07) is 0. The van der Waals surface area contributed by atoms with Crippen LogP contribution in [0.15, 0.2) is 0 Å². The number of aliphatic hydroxyl groups excluding tert-OH is 1. The van der Waals surface area contributed by atoms with Crippen LogP contribution in [0.2, 0.25) is 0 Å². The predicted molar refractivity (Wildman–Crippen MR) is 61.5 cm³/mol. The van der Waals surface area contributed by atoms with Crippen LogP contribution in [-0.2, 0) is 4.74 Å². The maximum Gasteiger partial charge on any atom is 0.216 e. The summed E-state index contributed by atoms with van der Waals surface area (Å²) in [4.78, 5) is 2.04. The Morgan fingerprint density at radius 1 is 1.33 bits per heavy atom. The molecule has 0 aromatic rings. The van der Waals surface area contributed by atoms with E-state index in [0.717, 1.165) is 31.8 Å². The van der Waals surface area contributed by atoms with E-state index in [1.807, 2.05) is 4.90 Å². The first-order chi connectivity index (χ1) is 7.27. The minimum atomic E-state index is -0.672. The summed E-state index contributed by atoms with van der Waals surface area (Å²) in [7, 11) is 0. The molecule has 0 spiro atoms. The van der Waals surface area contributed by atoms with Crippen molar-refractivity contribution in [1.82, 2.24) is 4.90 Å². The average Bonchev–Trinajstić information content (AvgIpc) is 2.29. The van der Waals surface area contributed by atoms with E-state index in [0.29, 0.717) is 6.61 Å². The van der Waals surface area contributed by atoms with Gasteiger partial charge in [0.1, 0.15) is 0 Å². The molecule has 0 bridgehead atoms. The van der Waals surface area contributed by atoms with Gasteiger partial charge in [-0.3, -0.25) is 4.90 Å². The fraction of sp³-hybridized carbons (Fsp3) is 1.00. The van der Waals surface area contributed by atoms with E-state index in [9.17, 15) is 5.11 Å². The Labute approximate surface area is 93.4 Å². The first kappa shape index (κ1) is 12.9. The highest BCUT2D eigenvalue weighted by Gasteiger charge is 2.22. The van der Waals surface area contributed by atoms with Crippen LogP contribution in [0.3, 0.4) is 0 Å². The predicted octanol–water partition coefficient (Wildman–Crippen LogP) is 2.20. The normalized spacial score (nSPS) is 21.8. The van der Waals surface area contributed by atoms with Gasteiger partial charge in [-0.05, 0) is 25.2 Å². The number of likely N-dealkylation sites (tertiary alicyclic amines) is 1. The lowest BCUT2D eigenvalue weighted by Gasteiger charge is -2.34.